The lowest BCUT2D eigenvalue weighted by Gasteiger charge is -2.10. The molecule has 0 unspecified atom stereocenters. The van der Waals surface area contributed by atoms with Gasteiger partial charge < -0.3 is 11.1 Å². The van der Waals surface area contributed by atoms with Crippen LogP contribution < -0.4 is 11.1 Å². The number of hydrogen-bond donors (Lipinski definition) is 2. The van der Waals surface area contributed by atoms with Crippen LogP contribution in [-0.2, 0) is 0 Å². The van der Waals surface area contributed by atoms with Crippen molar-refractivity contribution in [3.05, 3.63) is 63.1 Å². The second-order valence-electron chi connectivity index (χ2n) is 4.83. The fourth-order valence-corrected chi connectivity index (χ4v) is 2.62. The Balaban J connectivity index is 2.25. The molecule has 0 aliphatic rings. The minimum atomic E-state index is -0.489. The Bertz CT molecular complexity index is 726. The highest BCUT2D eigenvalue weighted by Gasteiger charge is 2.12. The van der Waals surface area contributed by atoms with E-state index in [1.54, 1.807) is 24.3 Å². The number of aryl methyl sites for hydroxylation is 2. The number of nitrogens with one attached hydrogen (secondary N) is 1. The van der Waals surface area contributed by atoms with Crippen molar-refractivity contribution in [2.45, 2.75) is 13.8 Å². The van der Waals surface area contributed by atoms with E-state index >= 15 is 0 Å². The molecule has 0 aromatic heterocycles. The van der Waals surface area contributed by atoms with Gasteiger partial charge in [0.05, 0.1) is 5.56 Å². The average Bonchev–Trinajstić information content (AvgIpc) is 2.40. The van der Waals surface area contributed by atoms with Crippen LogP contribution in [0.25, 0.3) is 0 Å². The van der Waals surface area contributed by atoms with E-state index in [1.807, 2.05) is 26.0 Å². The summed E-state index contributed by atoms with van der Waals surface area (Å²) in [4.78, 5) is 23.4. The molecule has 0 atom stereocenters. The molecule has 0 aliphatic carbocycles. The minimum Gasteiger partial charge on any atom is -0.366 e. The Morgan fingerprint density at radius 2 is 1.81 bits per heavy atom. The number of rotatable bonds is 3. The predicted octanol–water partition coefficient (Wildman–Crippen LogP) is 3.42. The van der Waals surface area contributed by atoms with E-state index in [1.165, 1.54) is 0 Å². The molecule has 0 spiro atoms. The van der Waals surface area contributed by atoms with E-state index in [2.05, 4.69) is 21.2 Å². The molecule has 0 saturated heterocycles. The lowest BCUT2D eigenvalue weighted by molar-refractivity contribution is 0.0998. The van der Waals surface area contributed by atoms with Crippen molar-refractivity contribution in [1.82, 2.24) is 0 Å². The third-order valence-corrected chi connectivity index (χ3v) is 3.78. The summed E-state index contributed by atoms with van der Waals surface area (Å²) in [5, 5.41) is 2.83. The van der Waals surface area contributed by atoms with Crippen LogP contribution in [-0.4, -0.2) is 11.8 Å². The lowest BCUT2D eigenvalue weighted by Crippen LogP contribution is -2.15. The Morgan fingerprint density at radius 1 is 1.10 bits per heavy atom. The third kappa shape index (κ3) is 3.49. The average molecular weight is 347 g/mol. The van der Waals surface area contributed by atoms with E-state index in [0.29, 0.717) is 16.8 Å². The van der Waals surface area contributed by atoms with Crippen LogP contribution in [0, 0.1) is 13.8 Å². The van der Waals surface area contributed by atoms with Crippen LogP contribution in [0.15, 0.2) is 40.9 Å². The zero-order valence-corrected chi connectivity index (χ0v) is 13.3. The molecule has 21 heavy (non-hydrogen) atoms. The maximum absolute atomic E-state index is 12.3. The van der Waals surface area contributed by atoms with Crippen LogP contribution in [0.3, 0.4) is 0 Å². The monoisotopic (exact) mass is 346 g/mol. The second kappa shape index (κ2) is 6.10. The highest BCUT2D eigenvalue weighted by molar-refractivity contribution is 9.10. The fourth-order valence-electron chi connectivity index (χ4n) is 1.95. The first-order chi connectivity index (χ1) is 9.88. The molecule has 5 heteroatoms. The van der Waals surface area contributed by atoms with Crippen LogP contribution in [0.1, 0.15) is 31.8 Å². The van der Waals surface area contributed by atoms with Gasteiger partial charge in [0, 0.05) is 15.7 Å². The minimum absolute atomic E-state index is 0.211. The fraction of sp³-hybridized carbons (Fsp3) is 0.125. The summed E-state index contributed by atoms with van der Waals surface area (Å²) in [6, 6.07) is 10.5. The van der Waals surface area contributed by atoms with Crippen molar-refractivity contribution >= 4 is 33.4 Å². The molecule has 2 rings (SSSR count). The van der Waals surface area contributed by atoms with Gasteiger partial charge in [0.1, 0.15) is 0 Å². The van der Waals surface area contributed by atoms with Gasteiger partial charge in [0.15, 0.2) is 0 Å². The molecule has 0 bridgehead atoms. The molecule has 0 fully saturated rings. The molecular weight excluding hydrogens is 332 g/mol. The maximum Gasteiger partial charge on any atom is 0.256 e. The Labute approximate surface area is 131 Å². The SMILES string of the molecule is Cc1ccc(C(=O)Nc2ccc(C(N)=O)cc2C)c(Br)c1. The van der Waals surface area contributed by atoms with Crippen LogP contribution in [0.4, 0.5) is 5.69 Å². The topological polar surface area (TPSA) is 72.2 Å². The van der Waals surface area contributed by atoms with Gasteiger partial charge in [-0.3, -0.25) is 9.59 Å². The molecule has 0 saturated carbocycles. The summed E-state index contributed by atoms with van der Waals surface area (Å²) in [5.41, 5.74) is 8.70. The summed E-state index contributed by atoms with van der Waals surface area (Å²) in [7, 11) is 0. The number of amides is 2. The first-order valence-electron chi connectivity index (χ1n) is 6.36. The molecular formula is C16H15BrN2O2. The zero-order chi connectivity index (χ0) is 15.6. The second-order valence-corrected chi connectivity index (χ2v) is 5.69. The van der Waals surface area contributed by atoms with Crippen molar-refractivity contribution in [2.75, 3.05) is 5.32 Å². The van der Waals surface area contributed by atoms with Gasteiger partial charge >= 0.3 is 0 Å². The third-order valence-electron chi connectivity index (χ3n) is 3.13. The standard InChI is InChI=1S/C16H15BrN2O2/c1-9-3-5-12(13(17)7-9)16(21)19-14-6-4-11(15(18)20)8-10(14)2/h3-8H,1-2H3,(H2,18,20)(H,19,21). The van der Waals surface area contributed by atoms with Crippen molar-refractivity contribution in [2.24, 2.45) is 5.73 Å². The summed E-state index contributed by atoms with van der Waals surface area (Å²) < 4.78 is 0.742. The number of primary amides is 1. The van der Waals surface area contributed by atoms with Gasteiger partial charge in [0.2, 0.25) is 5.91 Å². The molecule has 0 aliphatic heterocycles. The summed E-state index contributed by atoms with van der Waals surface area (Å²) in [6.07, 6.45) is 0. The Morgan fingerprint density at radius 3 is 2.38 bits per heavy atom. The van der Waals surface area contributed by atoms with Gasteiger partial charge in [-0.2, -0.15) is 0 Å². The predicted molar refractivity (Wildman–Crippen MR) is 86.5 cm³/mol. The van der Waals surface area contributed by atoms with Crippen molar-refractivity contribution < 1.29 is 9.59 Å². The van der Waals surface area contributed by atoms with Crippen molar-refractivity contribution in [1.29, 1.82) is 0 Å². The first kappa shape index (κ1) is 15.3. The largest absolute Gasteiger partial charge is 0.366 e. The van der Waals surface area contributed by atoms with E-state index in [4.69, 9.17) is 5.73 Å². The van der Waals surface area contributed by atoms with E-state index in [-0.39, 0.29) is 5.91 Å². The van der Waals surface area contributed by atoms with E-state index in [0.717, 1.165) is 15.6 Å². The number of nitrogens with two attached hydrogens (primary N) is 1. The molecule has 2 aromatic carbocycles. The van der Waals surface area contributed by atoms with Crippen LogP contribution >= 0.6 is 15.9 Å². The van der Waals surface area contributed by atoms with Crippen molar-refractivity contribution in [3.8, 4) is 0 Å². The zero-order valence-electron chi connectivity index (χ0n) is 11.7. The van der Waals surface area contributed by atoms with Gasteiger partial charge in [-0.1, -0.05) is 6.07 Å². The van der Waals surface area contributed by atoms with Gasteiger partial charge in [-0.25, -0.2) is 0 Å². The van der Waals surface area contributed by atoms with Crippen LogP contribution in [0.5, 0.6) is 0 Å². The molecule has 2 aromatic rings. The van der Waals surface area contributed by atoms with Crippen LogP contribution in [0.2, 0.25) is 0 Å². The highest BCUT2D eigenvalue weighted by atomic mass is 79.9. The number of carbonyl (C=O) groups is 2. The number of halogens is 1. The molecule has 4 nitrogen and oxygen atoms in total. The van der Waals surface area contributed by atoms with E-state index in [9.17, 15) is 9.59 Å². The number of carbonyl (C=O) groups excluding carboxylic acids is 2. The molecule has 108 valence electrons. The molecule has 0 radical (unpaired) electrons. The highest BCUT2D eigenvalue weighted by Crippen LogP contribution is 2.22. The quantitative estimate of drug-likeness (QED) is 0.893. The molecule has 3 N–H and O–H groups in total. The van der Waals surface area contributed by atoms with Crippen molar-refractivity contribution in [3.63, 3.8) is 0 Å². The molecule has 2 amide bonds. The maximum atomic E-state index is 12.3. The number of anilines is 1. The number of hydrogen-bond acceptors (Lipinski definition) is 2. The van der Waals surface area contributed by atoms with Gasteiger partial charge in [-0.05, 0) is 71.2 Å². The summed E-state index contributed by atoms with van der Waals surface area (Å²) >= 11 is 3.39. The first-order valence-corrected chi connectivity index (χ1v) is 7.15. The smallest absolute Gasteiger partial charge is 0.256 e. The molecule has 0 heterocycles. The lowest BCUT2D eigenvalue weighted by atomic mass is 10.1. The van der Waals surface area contributed by atoms with E-state index < -0.39 is 5.91 Å². The summed E-state index contributed by atoms with van der Waals surface area (Å²) in [5.74, 6) is -0.700. The Hall–Kier alpha value is -2.14. The Kier molecular flexibility index (Phi) is 4.43. The number of benzene rings is 2. The van der Waals surface area contributed by atoms with Gasteiger partial charge in [0.25, 0.3) is 5.91 Å². The summed E-state index contributed by atoms with van der Waals surface area (Å²) in [6.45, 7) is 3.77. The van der Waals surface area contributed by atoms with Gasteiger partial charge in [-0.15, -0.1) is 0 Å². The normalized spacial score (nSPS) is 10.2.